The number of carbonyl (C=O) groups excluding carboxylic acids is 1. The van der Waals surface area contributed by atoms with Gasteiger partial charge in [-0.15, -0.1) is 0 Å². The summed E-state index contributed by atoms with van der Waals surface area (Å²) in [4.78, 5) is 12.5. The maximum atomic E-state index is 13.1. The van der Waals surface area contributed by atoms with E-state index in [1.807, 2.05) is 37.3 Å². The molecule has 2 rings (SSSR count). The average Bonchev–Trinajstić information content (AvgIpc) is 2.68. The highest BCUT2D eigenvalue weighted by Crippen LogP contribution is 2.12. The first kappa shape index (κ1) is 22.0. The molecule has 1 atom stereocenters. The number of hydrogen-bond acceptors (Lipinski definition) is 4. The van der Waals surface area contributed by atoms with Gasteiger partial charge in [0.25, 0.3) is 0 Å². The average molecular weight is 408 g/mol. The van der Waals surface area contributed by atoms with Crippen LogP contribution in [0.2, 0.25) is 0 Å². The Morgan fingerprint density at radius 2 is 1.79 bits per heavy atom. The smallest absolute Gasteiger partial charge is 0.241 e. The molecule has 0 saturated heterocycles. The number of nitrogens with one attached hydrogen (secondary N) is 2. The van der Waals surface area contributed by atoms with Gasteiger partial charge in [-0.3, -0.25) is 4.79 Å². The Balaban J connectivity index is 2.10. The van der Waals surface area contributed by atoms with E-state index in [1.54, 1.807) is 0 Å². The van der Waals surface area contributed by atoms with Gasteiger partial charge >= 0.3 is 0 Å². The lowest BCUT2D eigenvalue weighted by Crippen LogP contribution is -2.48. The zero-order valence-corrected chi connectivity index (χ0v) is 16.5. The van der Waals surface area contributed by atoms with Crippen molar-refractivity contribution in [2.75, 3.05) is 19.8 Å². The van der Waals surface area contributed by atoms with Crippen LogP contribution in [0, 0.1) is 5.82 Å². The fourth-order valence-electron chi connectivity index (χ4n) is 2.56. The molecule has 28 heavy (non-hydrogen) atoms. The molecule has 0 saturated carbocycles. The van der Waals surface area contributed by atoms with Gasteiger partial charge in [0.05, 0.1) is 4.90 Å². The topological polar surface area (TPSA) is 84.5 Å². The predicted octanol–water partition coefficient (Wildman–Crippen LogP) is 2.26. The molecule has 8 heteroatoms. The Morgan fingerprint density at radius 1 is 1.11 bits per heavy atom. The summed E-state index contributed by atoms with van der Waals surface area (Å²) >= 11 is 0. The van der Waals surface area contributed by atoms with Gasteiger partial charge in [0.15, 0.2) is 0 Å². The highest BCUT2D eigenvalue weighted by molar-refractivity contribution is 7.89. The van der Waals surface area contributed by atoms with Crippen LogP contribution >= 0.6 is 0 Å². The third-order valence-electron chi connectivity index (χ3n) is 3.99. The van der Waals surface area contributed by atoms with Gasteiger partial charge in [-0.25, -0.2) is 12.8 Å². The van der Waals surface area contributed by atoms with Crippen molar-refractivity contribution in [3.8, 4) is 0 Å². The number of rotatable bonds is 11. The van der Waals surface area contributed by atoms with E-state index in [0.717, 1.165) is 29.8 Å². The zero-order chi connectivity index (χ0) is 20.4. The second-order valence-electron chi connectivity index (χ2n) is 6.16. The number of amides is 1. The number of sulfonamides is 1. The number of hydrogen-bond donors (Lipinski definition) is 2. The van der Waals surface area contributed by atoms with Crippen LogP contribution in [0.15, 0.2) is 59.5 Å². The highest BCUT2D eigenvalue weighted by atomic mass is 32.2. The Kier molecular flexibility index (Phi) is 8.56. The molecule has 1 amide bonds. The number of halogens is 1. The van der Waals surface area contributed by atoms with Crippen molar-refractivity contribution in [1.82, 2.24) is 10.0 Å². The molecule has 2 N–H and O–H groups in total. The van der Waals surface area contributed by atoms with Gasteiger partial charge in [-0.2, -0.15) is 4.72 Å². The molecule has 152 valence electrons. The fraction of sp³-hybridized carbons (Fsp3) is 0.350. The minimum absolute atomic E-state index is 0.101. The van der Waals surface area contributed by atoms with E-state index in [2.05, 4.69) is 10.0 Å². The Hall–Kier alpha value is -2.29. The van der Waals surface area contributed by atoms with E-state index < -0.39 is 27.8 Å². The van der Waals surface area contributed by atoms with Crippen molar-refractivity contribution < 1.29 is 22.3 Å². The van der Waals surface area contributed by atoms with Crippen molar-refractivity contribution in [2.45, 2.75) is 30.7 Å². The van der Waals surface area contributed by atoms with Gasteiger partial charge in [0.2, 0.25) is 15.9 Å². The molecule has 6 nitrogen and oxygen atoms in total. The third-order valence-corrected chi connectivity index (χ3v) is 5.48. The minimum Gasteiger partial charge on any atom is -0.382 e. The maximum absolute atomic E-state index is 13.1. The van der Waals surface area contributed by atoms with Crippen molar-refractivity contribution in [3.05, 3.63) is 66.0 Å². The Bertz CT molecular complexity index is 842. The molecule has 0 aliphatic carbocycles. The summed E-state index contributed by atoms with van der Waals surface area (Å²) < 4.78 is 46.0. The SMILES string of the molecule is CCOCCCNC(=O)[C@H](Cc1ccccc1)NS(=O)(=O)c1ccc(F)cc1. The van der Waals surface area contributed by atoms with Crippen molar-refractivity contribution in [2.24, 2.45) is 0 Å². The van der Waals surface area contributed by atoms with Gasteiger partial charge in [0, 0.05) is 19.8 Å². The first-order valence-corrected chi connectivity index (χ1v) is 10.6. The summed E-state index contributed by atoms with van der Waals surface area (Å²) in [5.41, 5.74) is 0.818. The lowest BCUT2D eigenvalue weighted by Gasteiger charge is -2.19. The standard InChI is InChI=1S/C20H25FN2O4S/c1-2-27-14-6-13-22-20(24)19(15-16-7-4-3-5-8-16)23-28(25,26)18-11-9-17(21)10-12-18/h3-5,7-12,19,23H,2,6,13-15H2,1H3,(H,22,24)/t19-/m0/s1. The molecule has 2 aromatic rings. The number of carbonyl (C=O) groups is 1. The van der Waals surface area contributed by atoms with Crippen LogP contribution in [0.1, 0.15) is 18.9 Å². The summed E-state index contributed by atoms with van der Waals surface area (Å²) in [5, 5.41) is 2.74. The van der Waals surface area contributed by atoms with Crippen LogP contribution in [0.3, 0.4) is 0 Å². The largest absolute Gasteiger partial charge is 0.382 e. The molecule has 0 unspecified atom stereocenters. The first-order valence-electron chi connectivity index (χ1n) is 9.09. The predicted molar refractivity (Wildman–Crippen MR) is 105 cm³/mol. The highest BCUT2D eigenvalue weighted by Gasteiger charge is 2.26. The summed E-state index contributed by atoms with van der Waals surface area (Å²) in [6.07, 6.45) is 0.820. The molecule has 0 radical (unpaired) electrons. The second kappa shape index (κ2) is 10.9. The van der Waals surface area contributed by atoms with Crippen LogP contribution in [0.4, 0.5) is 4.39 Å². The number of ether oxygens (including phenoxy) is 1. The summed E-state index contributed by atoms with van der Waals surface area (Å²) in [6, 6.07) is 12.6. The molecule has 2 aromatic carbocycles. The van der Waals surface area contributed by atoms with Gasteiger partial charge in [-0.05, 0) is 49.6 Å². The lowest BCUT2D eigenvalue weighted by atomic mass is 10.1. The molecule has 0 spiro atoms. The van der Waals surface area contributed by atoms with Gasteiger partial charge in [0.1, 0.15) is 11.9 Å². The lowest BCUT2D eigenvalue weighted by molar-refractivity contribution is -0.122. The zero-order valence-electron chi connectivity index (χ0n) is 15.7. The molecule has 0 fully saturated rings. The molecule has 0 aromatic heterocycles. The van der Waals surface area contributed by atoms with Crippen LogP contribution in [0.5, 0.6) is 0 Å². The Labute approximate surface area is 165 Å². The van der Waals surface area contributed by atoms with Crippen LogP contribution in [-0.2, 0) is 26.0 Å². The maximum Gasteiger partial charge on any atom is 0.241 e. The minimum atomic E-state index is -3.98. The van der Waals surface area contributed by atoms with Crippen LogP contribution < -0.4 is 10.0 Å². The third kappa shape index (κ3) is 7.03. The van der Waals surface area contributed by atoms with Gasteiger partial charge < -0.3 is 10.1 Å². The first-order chi connectivity index (χ1) is 13.4. The van der Waals surface area contributed by atoms with Crippen molar-refractivity contribution in [1.29, 1.82) is 0 Å². The molecular weight excluding hydrogens is 383 g/mol. The van der Waals surface area contributed by atoms with E-state index in [1.165, 1.54) is 0 Å². The summed E-state index contributed by atoms with van der Waals surface area (Å²) in [6.45, 7) is 3.38. The monoisotopic (exact) mass is 408 g/mol. The van der Waals surface area contributed by atoms with Crippen molar-refractivity contribution in [3.63, 3.8) is 0 Å². The van der Waals surface area contributed by atoms with Crippen LogP contribution in [-0.4, -0.2) is 40.1 Å². The molecule has 0 aliphatic heterocycles. The van der Waals surface area contributed by atoms with Crippen molar-refractivity contribution >= 4 is 15.9 Å². The van der Waals surface area contributed by atoms with E-state index in [0.29, 0.717) is 26.2 Å². The second-order valence-corrected chi connectivity index (χ2v) is 7.87. The van der Waals surface area contributed by atoms with E-state index in [-0.39, 0.29) is 11.3 Å². The van der Waals surface area contributed by atoms with E-state index >= 15 is 0 Å². The molecule has 0 bridgehead atoms. The molecular formula is C20H25FN2O4S. The summed E-state index contributed by atoms with van der Waals surface area (Å²) in [7, 11) is -3.98. The fourth-order valence-corrected chi connectivity index (χ4v) is 3.76. The summed E-state index contributed by atoms with van der Waals surface area (Å²) in [5.74, 6) is -0.960. The number of benzene rings is 2. The quantitative estimate of drug-likeness (QED) is 0.559. The molecule has 0 aliphatic rings. The molecule has 0 heterocycles. The van der Waals surface area contributed by atoms with Gasteiger partial charge in [-0.1, -0.05) is 30.3 Å². The Morgan fingerprint density at radius 3 is 2.43 bits per heavy atom. The normalized spacial score (nSPS) is 12.5. The van der Waals surface area contributed by atoms with E-state index in [4.69, 9.17) is 4.74 Å². The van der Waals surface area contributed by atoms with Crippen LogP contribution in [0.25, 0.3) is 0 Å². The van der Waals surface area contributed by atoms with E-state index in [9.17, 15) is 17.6 Å².